The standard InChI is InChI=1S/C13H19N3/c1-4-13(2,3)15-10-11-9-14-12-7-5-6-8-16(11)12/h5-9,15H,4,10H2,1-3H3. The van der Waals surface area contributed by atoms with Gasteiger partial charge in [-0.05, 0) is 32.4 Å². The Morgan fingerprint density at radius 2 is 2.19 bits per heavy atom. The molecule has 0 radical (unpaired) electrons. The van der Waals surface area contributed by atoms with E-state index in [0.29, 0.717) is 0 Å². The zero-order chi connectivity index (χ0) is 11.6. The number of fused-ring (bicyclic) bond motifs is 1. The Bertz CT molecular complexity index is 471. The predicted molar refractivity (Wildman–Crippen MR) is 66.4 cm³/mol. The molecule has 0 fully saturated rings. The van der Waals surface area contributed by atoms with E-state index < -0.39 is 0 Å². The highest BCUT2D eigenvalue weighted by atomic mass is 15.0. The molecule has 0 saturated heterocycles. The molecule has 2 aromatic rings. The number of hydrogen-bond donors (Lipinski definition) is 1. The maximum absolute atomic E-state index is 4.37. The topological polar surface area (TPSA) is 29.3 Å². The highest BCUT2D eigenvalue weighted by Crippen LogP contribution is 2.10. The smallest absolute Gasteiger partial charge is 0.136 e. The number of imidazole rings is 1. The summed E-state index contributed by atoms with van der Waals surface area (Å²) in [4.78, 5) is 4.37. The molecule has 0 aliphatic heterocycles. The summed E-state index contributed by atoms with van der Waals surface area (Å²) < 4.78 is 2.12. The quantitative estimate of drug-likeness (QED) is 0.853. The first-order valence-electron chi connectivity index (χ1n) is 5.78. The van der Waals surface area contributed by atoms with Crippen molar-refractivity contribution in [2.24, 2.45) is 0 Å². The van der Waals surface area contributed by atoms with Gasteiger partial charge < -0.3 is 9.72 Å². The van der Waals surface area contributed by atoms with Crippen molar-refractivity contribution in [3.63, 3.8) is 0 Å². The zero-order valence-electron chi connectivity index (χ0n) is 10.2. The van der Waals surface area contributed by atoms with Gasteiger partial charge in [0.25, 0.3) is 0 Å². The van der Waals surface area contributed by atoms with E-state index in [0.717, 1.165) is 18.6 Å². The molecular weight excluding hydrogens is 198 g/mol. The average Bonchev–Trinajstić information content (AvgIpc) is 2.70. The zero-order valence-corrected chi connectivity index (χ0v) is 10.2. The normalized spacial score (nSPS) is 12.2. The molecule has 2 heterocycles. The first-order valence-corrected chi connectivity index (χ1v) is 5.78. The van der Waals surface area contributed by atoms with Crippen LogP contribution >= 0.6 is 0 Å². The molecule has 0 bridgehead atoms. The van der Waals surface area contributed by atoms with Gasteiger partial charge in [0.15, 0.2) is 0 Å². The number of nitrogens with zero attached hydrogens (tertiary/aromatic N) is 2. The van der Waals surface area contributed by atoms with Crippen LogP contribution in [0.25, 0.3) is 5.65 Å². The largest absolute Gasteiger partial charge is 0.306 e. The number of aromatic nitrogens is 2. The van der Waals surface area contributed by atoms with Crippen LogP contribution in [0.2, 0.25) is 0 Å². The second-order valence-electron chi connectivity index (χ2n) is 4.77. The third-order valence-electron chi connectivity index (χ3n) is 3.13. The van der Waals surface area contributed by atoms with Gasteiger partial charge in [-0.3, -0.25) is 0 Å². The maximum Gasteiger partial charge on any atom is 0.136 e. The van der Waals surface area contributed by atoms with E-state index in [-0.39, 0.29) is 5.54 Å². The summed E-state index contributed by atoms with van der Waals surface area (Å²) in [5.74, 6) is 0. The molecule has 2 rings (SSSR count). The molecule has 0 unspecified atom stereocenters. The first-order chi connectivity index (χ1) is 7.62. The van der Waals surface area contributed by atoms with Crippen LogP contribution in [0.5, 0.6) is 0 Å². The molecule has 0 amide bonds. The SMILES string of the molecule is CCC(C)(C)NCc1cnc2ccccn12. The summed E-state index contributed by atoms with van der Waals surface area (Å²) >= 11 is 0. The van der Waals surface area contributed by atoms with Gasteiger partial charge in [-0.2, -0.15) is 0 Å². The van der Waals surface area contributed by atoms with Gasteiger partial charge in [0.1, 0.15) is 5.65 Å². The van der Waals surface area contributed by atoms with Gasteiger partial charge in [-0.15, -0.1) is 0 Å². The van der Waals surface area contributed by atoms with Crippen LogP contribution in [0.4, 0.5) is 0 Å². The molecule has 0 spiro atoms. The summed E-state index contributed by atoms with van der Waals surface area (Å²) in [5, 5.41) is 3.54. The average molecular weight is 217 g/mol. The van der Waals surface area contributed by atoms with Crippen LogP contribution in [0.15, 0.2) is 30.6 Å². The Balaban J connectivity index is 2.16. The molecule has 86 valence electrons. The summed E-state index contributed by atoms with van der Waals surface area (Å²) in [6, 6.07) is 6.06. The number of nitrogens with one attached hydrogen (secondary N) is 1. The Hall–Kier alpha value is -1.35. The van der Waals surface area contributed by atoms with Crippen molar-refractivity contribution in [1.82, 2.24) is 14.7 Å². The number of pyridine rings is 1. The van der Waals surface area contributed by atoms with Crippen molar-refractivity contribution in [3.8, 4) is 0 Å². The van der Waals surface area contributed by atoms with E-state index in [1.807, 2.05) is 24.4 Å². The third-order valence-corrected chi connectivity index (χ3v) is 3.13. The van der Waals surface area contributed by atoms with Gasteiger partial charge in [-0.1, -0.05) is 13.0 Å². The number of hydrogen-bond acceptors (Lipinski definition) is 2. The molecular formula is C13H19N3. The van der Waals surface area contributed by atoms with Gasteiger partial charge >= 0.3 is 0 Å². The molecule has 0 saturated carbocycles. The van der Waals surface area contributed by atoms with Crippen LogP contribution in [0.1, 0.15) is 32.9 Å². The molecule has 0 aliphatic carbocycles. The molecule has 2 aromatic heterocycles. The van der Waals surface area contributed by atoms with E-state index in [2.05, 4.69) is 41.7 Å². The highest BCUT2D eigenvalue weighted by molar-refractivity contribution is 5.39. The van der Waals surface area contributed by atoms with Crippen molar-refractivity contribution in [1.29, 1.82) is 0 Å². The lowest BCUT2D eigenvalue weighted by molar-refractivity contribution is 0.372. The van der Waals surface area contributed by atoms with Crippen LogP contribution in [-0.2, 0) is 6.54 Å². The summed E-state index contributed by atoms with van der Waals surface area (Å²) in [5.41, 5.74) is 2.39. The van der Waals surface area contributed by atoms with Crippen LogP contribution in [0.3, 0.4) is 0 Å². The lowest BCUT2D eigenvalue weighted by Gasteiger charge is -2.24. The minimum absolute atomic E-state index is 0.179. The lowest BCUT2D eigenvalue weighted by Crippen LogP contribution is -2.38. The Kier molecular flexibility index (Phi) is 2.97. The first kappa shape index (κ1) is 11.1. The minimum Gasteiger partial charge on any atom is -0.306 e. The van der Waals surface area contributed by atoms with E-state index in [4.69, 9.17) is 0 Å². The van der Waals surface area contributed by atoms with E-state index in [1.54, 1.807) is 0 Å². The van der Waals surface area contributed by atoms with Crippen LogP contribution in [-0.4, -0.2) is 14.9 Å². The Morgan fingerprint density at radius 1 is 1.38 bits per heavy atom. The third kappa shape index (κ3) is 2.25. The monoisotopic (exact) mass is 217 g/mol. The second-order valence-corrected chi connectivity index (χ2v) is 4.77. The molecule has 3 nitrogen and oxygen atoms in total. The fourth-order valence-corrected chi connectivity index (χ4v) is 1.57. The highest BCUT2D eigenvalue weighted by Gasteiger charge is 2.14. The summed E-state index contributed by atoms with van der Waals surface area (Å²) in [6.07, 6.45) is 5.11. The van der Waals surface area contributed by atoms with Gasteiger partial charge in [0, 0.05) is 18.3 Å². The summed E-state index contributed by atoms with van der Waals surface area (Å²) in [7, 11) is 0. The van der Waals surface area contributed by atoms with Crippen molar-refractivity contribution < 1.29 is 0 Å². The maximum atomic E-state index is 4.37. The van der Waals surface area contributed by atoms with Crippen molar-refractivity contribution in [2.45, 2.75) is 39.3 Å². The van der Waals surface area contributed by atoms with E-state index >= 15 is 0 Å². The van der Waals surface area contributed by atoms with Gasteiger partial charge in [-0.25, -0.2) is 4.98 Å². The minimum atomic E-state index is 0.179. The Labute approximate surface area is 96.5 Å². The molecule has 1 N–H and O–H groups in total. The predicted octanol–water partition coefficient (Wildman–Crippen LogP) is 2.61. The van der Waals surface area contributed by atoms with E-state index in [9.17, 15) is 0 Å². The van der Waals surface area contributed by atoms with Gasteiger partial charge in [0.2, 0.25) is 0 Å². The lowest BCUT2D eigenvalue weighted by atomic mass is 10.0. The molecule has 0 aromatic carbocycles. The van der Waals surface area contributed by atoms with Crippen molar-refractivity contribution in [2.75, 3.05) is 0 Å². The fraction of sp³-hybridized carbons (Fsp3) is 0.462. The van der Waals surface area contributed by atoms with Gasteiger partial charge in [0.05, 0.1) is 11.9 Å². The van der Waals surface area contributed by atoms with Crippen molar-refractivity contribution >= 4 is 5.65 Å². The van der Waals surface area contributed by atoms with E-state index in [1.165, 1.54) is 5.69 Å². The van der Waals surface area contributed by atoms with Crippen LogP contribution < -0.4 is 5.32 Å². The molecule has 3 heteroatoms. The molecule has 0 atom stereocenters. The van der Waals surface area contributed by atoms with Crippen molar-refractivity contribution in [3.05, 3.63) is 36.3 Å². The molecule has 0 aliphatic rings. The number of rotatable bonds is 4. The van der Waals surface area contributed by atoms with Crippen LogP contribution in [0, 0.1) is 0 Å². The Morgan fingerprint density at radius 3 is 2.94 bits per heavy atom. The fourth-order valence-electron chi connectivity index (χ4n) is 1.57. The second kappa shape index (κ2) is 4.26. The summed E-state index contributed by atoms with van der Waals surface area (Å²) in [6.45, 7) is 7.49. The molecule has 16 heavy (non-hydrogen) atoms.